The Labute approximate surface area is 133 Å². The van der Waals surface area contributed by atoms with Crippen LogP contribution in [0.3, 0.4) is 0 Å². The van der Waals surface area contributed by atoms with Gasteiger partial charge >= 0.3 is 0 Å². The van der Waals surface area contributed by atoms with Gasteiger partial charge in [0.1, 0.15) is 11.6 Å². The number of pyridine rings is 1. The predicted octanol–water partition coefficient (Wildman–Crippen LogP) is 4.65. The van der Waals surface area contributed by atoms with Gasteiger partial charge in [-0.25, -0.2) is 9.37 Å². The monoisotopic (exact) mass is 402 g/mol. The van der Waals surface area contributed by atoms with Gasteiger partial charge in [-0.15, -0.1) is 0 Å². The summed E-state index contributed by atoms with van der Waals surface area (Å²) in [6, 6.07) is 6.45. The van der Waals surface area contributed by atoms with Gasteiger partial charge < -0.3 is 10.1 Å². The van der Waals surface area contributed by atoms with Crippen LogP contribution < -0.4 is 10.1 Å². The van der Waals surface area contributed by atoms with Gasteiger partial charge in [0.15, 0.2) is 0 Å². The highest BCUT2D eigenvalue weighted by atomic mass is 79.9. The minimum atomic E-state index is -0.325. The highest BCUT2D eigenvalue weighted by molar-refractivity contribution is 9.10. The van der Waals surface area contributed by atoms with Crippen LogP contribution in [-0.2, 0) is 6.54 Å². The summed E-state index contributed by atoms with van der Waals surface area (Å²) >= 11 is 6.53. The van der Waals surface area contributed by atoms with Crippen molar-refractivity contribution in [1.29, 1.82) is 0 Å². The smallest absolute Gasteiger partial charge is 0.223 e. The quantitative estimate of drug-likeness (QED) is 0.789. The number of nitrogens with zero attached hydrogens (tertiary/aromatic N) is 1. The molecule has 1 heterocycles. The summed E-state index contributed by atoms with van der Waals surface area (Å²) in [6.45, 7) is 3.54. The van der Waals surface area contributed by atoms with Gasteiger partial charge in [0, 0.05) is 22.8 Å². The van der Waals surface area contributed by atoms with E-state index in [1.54, 1.807) is 18.3 Å². The lowest BCUT2D eigenvalue weighted by molar-refractivity contribution is 0.451. The van der Waals surface area contributed by atoms with Crippen LogP contribution in [0.2, 0.25) is 0 Å². The van der Waals surface area contributed by atoms with Gasteiger partial charge in [0.25, 0.3) is 0 Å². The van der Waals surface area contributed by atoms with Crippen molar-refractivity contribution >= 4 is 31.9 Å². The number of aromatic nitrogens is 1. The normalized spacial score (nSPS) is 10.6. The van der Waals surface area contributed by atoms with Gasteiger partial charge in [-0.2, -0.15) is 0 Å². The van der Waals surface area contributed by atoms with E-state index in [4.69, 9.17) is 4.74 Å². The van der Waals surface area contributed by atoms with E-state index in [2.05, 4.69) is 42.2 Å². The fraction of sp³-hybridized carbons (Fsp3) is 0.214. The zero-order valence-electron chi connectivity index (χ0n) is 10.8. The van der Waals surface area contributed by atoms with Gasteiger partial charge in [-0.05, 0) is 62.7 Å². The van der Waals surface area contributed by atoms with Crippen LogP contribution in [0.1, 0.15) is 12.5 Å². The number of ether oxygens (including phenoxy) is 1. The largest absolute Gasteiger partial charge is 0.439 e. The summed E-state index contributed by atoms with van der Waals surface area (Å²) in [5.74, 6) is 0.715. The topological polar surface area (TPSA) is 34.2 Å². The molecule has 0 aliphatic rings. The van der Waals surface area contributed by atoms with Crippen LogP contribution in [-0.4, -0.2) is 11.5 Å². The molecule has 106 valence electrons. The third kappa shape index (κ3) is 4.01. The minimum absolute atomic E-state index is 0.325. The Morgan fingerprint density at radius 2 is 2.10 bits per heavy atom. The molecule has 0 saturated carbocycles. The Kier molecular flexibility index (Phi) is 5.51. The third-order valence-electron chi connectivity index (χ3n) is 2.56. The summed E-state index contributed by atoms with van der Waals surface area (Å²) in [7, 11) is 0. The van der Waals surface area contributed by atoms with Crippen molar-refractivity contribution in [3.63, 3.8) is 0 Å². The molecule has 0 bridgehead atoms. The summed E-state index contributed by atoms with van der Waals surface area (Å²) in [6.07, 6.45) is 1.67. The lowest BCUT2D eigenvalue weighted by atomic mass is 10.2. The summed E-state index contributed by atoms with van der Waals surface area (Å²) in [4.78, 5) is 4.26. The third-order valence-corrected chi connectivity index (χ3v) is 3.60. The van der Waals surface area contributed by atoms with Crippen molar-refractivity contribution in [1.82, 2.24) is 10.3 Å². The molecule has 3 nitrogen and oxygen atoms in total. The second-order valence-electron chi connectivity index (χ2n) is 4.08. The van der Waals surface area contributed by atoms with E-state index >= 15 is 0 Å². The fourth-order valence-corrected chi connectivity index (χ4v) is 2.34. The van der Waals surface area contributed by atoms with Crippen molar-refractivity contribution in [3.05, 3.63) is 50.8 Å². The van der Waals surface area contributed by atoms with Crippen molar-refractivity contribution < 1.29 is 9.13 Å². The maximum Gasteiger partial charge on any atom is 0.223 e. The molecular weight excluding hydrogens is 391 g/mol. The Hall–Kier alpha value is -0.980. The average Bonchev–Trinajstić information content (AvgIpc) is 2.43. The molecule has 0 spiro atoms. The number of halogens is 3. The number of hydrogen-bond donors (Lipinski definition) is 1. The predicted molar refractivity (Wildman–Crippen MR) is 83.5 cm³/mol. The molecule has 0 saturated heterocycles. The highest BCUT2D eigenvalue weighted by Gasteiger charge is 2.09. The fourth-order valence-electron chi connectivity index (χ4n) is 1.60. The van der Waals surface area contributed by atoms with Crippen LogP contribution in [0.4, 0.5) is 4.39 Å². The number of hydrogen-bond acceptors (Lipinski definition) is 3. The van der Waals surface area contributed by atoms with Crippen molar-refractivity contribution in [3.8, 4) is 11.6 Å². The van der Waals surface area contributed by atoms with E-state index in [9.17, 15) is 4.39 Å². The zero-order valence-corrected chi connectivity index (χ0v) is 14.0. The molecule has 0 aliphatic carbocycles. The molecule has 0 unspecified atom stereocenters. The molecule has 0 atom stereocenters. The summed E-state index contributed by atoms with van der Waals surface area (Å²) in [5, 5.41) is 3.23. The Morgan fingerprint density at radius 1 is 1.30 bits per heavy atom. The molecule has 0 fully saturated rings. The molecule has 1 N–H and O–H groups in total. The molecule has 2 aromatic rings. The minimum Gasteiger partial charge on any atom is -0.439 e. The SMILES string of the molecule is CCNCc1cc(Br)cnc1Oc1ccc(F)c(Br)c1. The van der Waals surface area contributed by atoms with E-state index < -0.39 is 0 Å². The van der Waals surface area contributed by atoms with Crippen LogP contribution >= 0.6 is 31.9 Å². The Morgan fingerprint density at radius 3 is 2.80 bits per heavy atom. The van der Waals surface area contributed by atoms with Crippen molar-refractivity contribution in [2.24, 2.45) is 0 Å². The maximum atomic E-state index is 13.2. The van der Waals surface area contributed by atoms with Gasteiger partial charge in [-0.3, -0.25) is 0 Å². The highest BCUT2D eigenvalue weighted by Crippen LogP contribution is 2.28. The standard InChI is InChI=1S/C14H13Br2FN2O/c1-2-18-7-9-5-10(15)8-19-14(9)20-11-3-4-13(17)12(16)6-11/h3-6,8,18H,2,7H2,1H3. The van der Waals surface area contributed by atoms with Crippen molar-refractivity contribution in [2.45, 2.75) is 13.5 Å². The first kappa shape index (κ1) is 15.4. The second kappa shape index (κ2) is 7.15. The van der Waals surface area contributed by atoms with E-state index in [1.165, 1.54) is 6.07 Å². The van der Waals surface area contributed by atoms with Crippen LogP contribution in [0.15, 0.2) is 39.4 Å². The molecule has 0 amide bonds. The van der Waals surface area contributed by atoms with E-state index in [0.717, 1.165) is 16.6 Å². The zero-order chi connectivity index (χ0) is 14.5. The summed E-state index contributed by atoms with van der Waals surface area (Å²) < 4.78 is 20.2. The molecule has 1 aromatic heterocycles. The Balaban J connectivity index is 2.25. The van der Waals surface area contributed by atoms with E-state index in [-0.39, 0.29) is 5.82 Å². The molecule has 0 radical (unpaired) electrons. The van der Waals surface area contributed by atoms with Crippen LogP contribution in [0.25, 0.3) is 0 Å². The van der Waals surface area contributed by atoms with Crippen LogP contribution in [0.5, 0.6) is 11.6 Å². The molecule has 0 aliphatic heterocycles. The van der Waals surface area contributed by atoms with Gasteiger partial charge in [-0.1, -0.05) is 6.92 Å². The molecular formula is C14H13Br2FN2O. The maximum absolute atomic E-state index is 13.2. The Bertz CT molecular complexity index is 608. The first-order valence-electron chi connectivity index (χ1n) is 6.08. The lowest BCUT2D eigenvalue weighted by Gasteiger charge is -2.11. The number of benzene rings is 1. The molecule has 6 heteroatoms. The molecule has 20 heavy (non-hydrogen) atoms. The van der Waals surface area contributed by atoms with Crippen LogP contribution in [0, 0.1) is 5.82 Å². The van der Waals surface area contributed by atoms with Crippen molar-refractivity contribution in [2.75, 3.05) is 6.54 Å². The average molecular weight is 404 g/mol. The first-order valence-corrected chi connectivity index (χ1v) is 7.66. The number of rotatable bonds is 5. The molecule has 1 aromatic carbocycles. The van der Waals surface area contributed by atoms with Gasteiger partial charge in [0.05, 0.1) is 4.47 Å². The lowest BCUT2D eigenvalue weighted by Crippen LogP contribution is -2.13. The first-order chi connectivity index (χ1) is 9.60. The van der Waals surface area contributed by atoms with Gasteiger partial charge in [0.2, 0.25) is 5.88 Å². The summed E-state index contributed by atoms with van der Waals surface area (Å²) in [5.41, 5.74) is 0.932. The second-order valence-corrected chi connectivity index (χ2v) is 5.85. The van der Waals surface area contributed by atoms with E-state index in [0.29, 0.717) is 22.6 Å². The molecule has 2 rings (SSSR count). The van der Waals surface area contributed by atoms with E-state index in [1.807, 2.05) is 13.0 Å². The number of nitrogens with one attached hydrogen (secondary N) is 1.